The second kappa shape index (κ2) is 9.20. The number of rotatable bonds is 7. The van der Waals surface area contributed by atoms with Gasteiger partial charge in [-0.1, -0.05) is 37.3 Å². The molecule has 1 aromatic carbocycles. The summed E-state index contributed by atoms with van der Waals surface area (Å²) in [4.78, 5) is 5.71. The van der Waals surface area contributed by atoms with Crippen molar-refractivity contribution >= 4 is 17.3 Å². The summed E-state index contributed by atoms with van der Waals surface area (Å²) in [5, 5.41) is 13.2. The molecule has 0 aliphatic heterocycles. The van der Waals surface area contributed by atoms with Gasteiger partial charge in [-0.25, -0.2) is 0 Å². The minimum atomic E-state index is 0.464. The predicted molar refractivity (Wildman–Crippen MR) is 109 cm³/mol. The largest absolute Gasteiger partial charge is 0.356 e. The number of guanidine groups is 1. The molecule has 0 radical (unpaired) electrons. The van der Waals surface area contributed by atoms with Crippen LogP contribution >= 0.6 is 11.3 Å². The fraction of sp³-hybridized carbons (Fsp3) is 0.300. The summed E-state index contributed by atoms with van der Waals surface area (Å²) < 4.78 is 1.93. The van der Waals surface area contributed by atoms with Crippen LogP contribution in [0, 0.1) is 0 Å². The molecule has 0 spiro atoms. The van der Waals surface area contributed by atoms with Crippen molar-refractivity contribution in [3.63, 3.8) is 0 Å². The standard InChI is InChI=1S/C20H25N5S/c1-16(19-8-4-11-26-19)13-22-20(21-2)23-14-17-6-3-7-18(12-17)15-25-10-5-9-24-25/h3-12,16H,13-15H2,1-2H3,(H2,21,22,23). The van der Waals surface area contributed by atoms with Crippen molar-refractivity contribution in [2.75, 3.05) is 13.6 Å². The molecule has 0 amide bonds. The van der Waals surface area contributed by atoms with Crippen LogP contribution in [0.25, 0.3) is 0 Å². The Balaban J connectivity index is 1.50. The van der Waals surface area contributed by atoms with Crippen molar-refractivity contribution in [1.29, 1.82) is 0 Å². The van der Waals surface area contributed by atoms with Gasteiger partial charge in [-0.2, -0.15) is 5.10 Å². The molecule has 3 rings (SSSR count). The Kier molecular flexibility index (Phi) is 6.44. The summed E-state index contributed by atoms with van der Waals surface area (Å²) in [7, 11) is 1.80. The molecule has 2 aromatic heterocycles. The summed E-state index contributed by atoms with van der Waals surface area (Å²) in [6, 6.07) is 14.8. The lowest BCUT2D eigenvalue weighted by Crippen LogP contribution is -2.38. The Bertz CT molecular complexity index is 809. The number of hydrogen-bond donors (Lipinski definition) is 2. The van der Waals surface area contributed by atoms with Gasteiger partial charge < -0.3 is 10.6 Å². The molecule has 26 heavy (non-hydrogen) atoms. The van der Waals surface area contributed by atoms with E-state index in [1.54, 1.807) is 24.6 Å². The van der Waals surface area contributed by atoms with Crippen LogP contribution in [0.2, 0.25) is 0 Å². The van der Waals surface area contributed by atoms with E-state index in [1.807, 2.05) is 16.9 Å². The number of hydrogen-bond acceptors (Lipinski definition) is 3. The lowest BCUT2D eigenvalue weighted by molar-refractivity contribution is 0.685. The van der Waals surface area contributed by atoms with Crippen molar-refractivity contribution in [2.24, 2.45) is 4.99 Å². The lowest BCUT2D eigenvalue weighted by atomic mass is 10.1. The van der Waals surface area contributed by atoms with E-state index in [0.29, 0.717) is 5.92 Å². The number of aliphatic imine (C=N–C) groups is 1. The third kappa shape index (κ3) is 5.20. The monoisotopic (exact) mass is 367 g/mol. The van der Waals surface area contributed by atoms with Gasteiger partial charge in [0.1, 0.15) is 0 Å². The van der Waals surface area contributed by atoms with Gasteiger partial charge in [-0.05, 0) is 28.6 Å². The van der Waals surface area contributed by atoms with E-state index in [0.717, 1.165) is 25.6 Å². The van der Waals surface area contributed by atoms with Crippen LogP contribution in [-0.2, 0) is 13.1 Å². The van der Waals surface area contributed by atoms with E-state index < -0.39 is 0 Å². The average molecular weight is 368 g/mol. The van der Waals surface area contributed by atoms with Crippen LogP contribution in [0.4, 0.5) is 0 Å². The van der Waals surface area contributed by atoms with E-state index in [4.69, 9.17) is 0 Å². The highest BCUT2D eigenvalue weighted by atomic mass is 32.1. The van der Waals surface area contributed by atoms with E-state index in [9.17, 15) is 0 Å². The van der Waals surface area contributed by atoms with E-state index in [-0.39, 0.29) is 0 Å². The van der Waals surface area contributed by atoms with Crippen molar-refractivity contribution in [1.82, 2.24) is 20.4 Å². The smallest absolute Gasteiger partial charge is 0.191 e. The molecule has 6 heteroatoms. The Morgan fingerprint density at radius 2 is 2.08 bits per heavy atom. The van der Waals surface area contributed by atoms with Crippen molar-refractivity contribution < 1.29 is 0 Å². The zero-order chi connectivity index (χ0) is 18.2. The number of aromatic nitrogens is 2. The van der Waals surface area contributed by atoms with Crippen LogP contribution in [-0.4, -0.2) is 29.3 Å². The number of nitrogens with one attached hydrogen (secondary N) is 2. The molecule has 5 nitrogen and oxygen atoms in total. The van der Waals surface area contributed by atoms with Gasteiger partial charge >= 0.3 is 0 Å². The first-order chi connectivity index (χ1) is 12.7. The van der Waals surface area contributed by atoms with E-state index >= 15 is 0 Å². The molecule has 3 aromatic rings. The van der Waals surface area contributed by atoms with Gasteiger partial charge in [-0.3, -0.25) is 9.67 Å². The fourth-order valence-electron chi connectivity index (χ4n) is 2.75. The fourth-order valence-corrected chi connectivity index (χ4v) is 3.53. The Morgan fingerprint density at radius 1 is 1.19 bits per heavy atom. The van der Waals surface area contributed by atoms with Crippen molar-refractivity contribution in [3.8, 4) is 0 Å². The molecule has 0 saturated heterocycles. The van der Waals surface area contributed by atoms with E-state index in [1.165, 1.54) is 16.0 Å². The number of nitrogens with zero attached hydrogens (tertiary/aromatic N) is 3. The zero-order valence-corrected chi connectivity index (χ0v) is 16.0. The van der Waals surface area contributed by atoms with Crippen molar-refractivity contribution in [3.05, 3.63) is 76.2 Å². The van der Waals surface area contributed by atoms with E-state index in [2.05, 4.69) is 69.4 Å². The minimum absolute atomic E-state index is 0.464. The molecule has 0 aliphatic rings. The van der Waals surface area contributed by atoms with Crippen LogP contribution < -0.4 is 10.6 Å². The Labute approximate surface area is 158 Å². The van der Waals surface area contributed by atoms with Gasteiger partial charge in [0.2, 0.25) is 0 Å². The normalized spacial score (nSPS) is 12.8. The lowest BCUT2D eigenvalue weighted by Gasteiger charge is -2.15. The molecule has 136 valence electrons. The summed E-state index contributed by atoms with van der Waals surface area (Å²) >= 11 is 1.80. The molecule has 0 aliphatic carbocycles. The molecule has 2 heterocycles. The Morgan fingerprint density at radius 3 is 2.81 bits per heavy atom. The molecular weight excluding hydrogens is 342 g/mol. The molecule has 1 atom stereocenters. The van der Waals surface area contributed by atoms with Gasteiger partial charge in [0.05, 0.1) is 6.54 Å². The summed E-state index contributed by atoms with van der Waals surface area (Å²) in [6.45, 7) is 4.61. The second-order valence-electron chi connectivity index (χ2n) is 6.25. The van der Waals surface area contributed by atoms with Crippen LogP contribution in [0.3, 0.4) is 0 Å². The summed E-state index contributed by atoms with van der Waals surface area (Å²) in [5.41, 5.74) is 2.46. The topological polar surface area (TPSA) is 54.2 Å². The first kappa shape index (κ1) is 18.2. The van der Waals surface area contributed by atoms with Gasteiger partial charge in [0.15, 0.2) is 5.96 Å². The van der Waals surface area contributed by atoms with Crippen LogP contribution in [0.1, 0.15) is 28.8 Å². The highest BCUT2D eigenvalue weighted by Crippen LogP contribution is 2.19. The van der Waals surface area contributed by atoms with Gasteiger partial charge in [0.25, 0.3) is 0 Å². The average Bonchev–Trinajstić information content (AvgIpc) is 3.36. The summed E-state index contributed by atoms with van der Waals surface area (Å²) in [6.07, 6.45) is 3.78. The van der Waals surface area contributed by atoms with Gasteiger partial charge in [0, 0.05) is 43.3 Å². The second-order valence-corrected chi connectivity index (χ2v) is 7.23. The van der Waals surface area contributed by atoms with Crippen LogP contribution in [0.5, 0.6) is 0 Å². The molecule has 2 N–H and O–H groups in total. The molecule has 0 bridgehead atoms. The quantitative estimate of drug-likeness (QED) is 0.497. The molecule has 1 unspecified atom stereocenters. The number of thiophene rings is 1. The third-order valence-corrected chi connectivity index (χ3v) is 5.29. The highest BCUT2D eigenvalue weighted by Gasteiger charge is 2.07. The third-order valence-electron chi connectivity index (χ3n) is 4.18. The maximum atomic E-state index is 4.32. The zero-order valence-electron chi connectivity index (χ0n) is 15.2. The minimum Gasteiger partial charge on any atom is -0.356 e. The van der Waals surface area contributed by atoms with Crippen molar-refractivity contribution in [2.45, 2.75) is 25.9 Å². The maximum absolute atomic E-state index is 4.32. The first-order valence-corrected chi connectivity index (χ1v) is 9.65. The molecular formula is C20H25N5S. The van der Waals surface area contributed by atoms with Gasteiger partial charge in [-0.15, -0.1) is 11.3 Å². The molecule has 0 saturated carbocycles. The first-order valence-electron chi connectivity index (χ1n) is 8.78. The maximum Gasteiger partial charge on any atom is 0.191 e. The van der Waals surface area contributed by atoms with Crippen LogP contribution in [0.15, 0.2) is 65.2 Å². The predicted octanol–water partition coefficient (Wildman–Crippen LogP) is 3.46. The number of benzene rings is 1. The highest BCUT2D eigenvalue weighted by molar-refractivity contribution is 7.10. The molecule has 0 fully saturated rings. The summed E-state index contributed by atoms with van der Waals surface area (Å²) in [5.74, 6) is 1.29. The Hall–Kier alpha value is -2.60. The SMILES string of the molecule is CN=C(NCc1cccc(Cn2cccn2)c1)NCC(C)c1cccs1.